The van der Waals surface area contributed by atoms with E-state index in [2.05, 4.69) is 17.4 Å². The molecular formula is C12H25N3O2. The quantitative estimate of drug-likeness (QED) is 0.416. The smallest absolute Gasteiger partial charge is 0.240 e. The van der Waals surface area contributed by atoms with Crippen molar-refractivity contribution in [2.45, 2.75) is 26.7 Å². The fourth-order valence-corrected chi connectivity index (χ4v) is 2.38. The second-order valence-corrected chi connectivity index (χ2v) is 5.61. The Morgan fingerprint density at radius 1 is 1.47 bits per heavy atom. The summed E-state index contributed by atoms with van der Waals surface area (Å²) in [4.78, 5) is 13.8. The first-order valence-electron chi connectivity index (χ1n) is 6.23. The topological polar surface area (TPSA) is 67.6 Å². The molecule has 0 spiro atoms. The number of nitrogens with two attached hydrogens (primary N) is 1. The summed E-state index contributed by atoms with van der Waals surface area (Å²) in [5.41, 5.74) is 1.78. The van der Waals surface area contributed by atoms with E-state index in [-0.39, 0.29) is 5.91 Å². The molecule has 100 valence electrons. The number of ether oxygens (including phenoxy) is 1. The van der Waals surface area contributed by atoms with Crippen LogP contribution >= 0.6 is 0 Å². The minimum absolute atomic E-state index is 0.115. The zero-order valence-corrected chi connectivity index (χ0v) is 11.2. The highest BCUT2D eigenvalue weighted by Crippen LogP contribution is 2.20. The molecule has 0 aromatic carbocycles. The van der Waals surface area contributed by atoms with Crippen molar-refractivity contribution in [1.29, 1.82) is 0 Å². The van der Waals surface area contributed by atoms with Crippen LogP contribution in [0.2, 0.25) is 0 Å². The highest BCUT2D eigenvalue weighted by atomic mass is 16.5. The first-order valence-corrected chi connectivity index (χ1v) is 6.23. The van der Waals surface area contributed by atoms with Gasteiger partial charge in [0.2, 0.25) is 5.91 Å². The molecule has 1 aliphatic rings. The summed E-state index contributed by atoms with van der Waals surface area (Å²) in [5.74, 6) is 5.75. The molecule has 5 heteroatoms. The van der Waals surface area contributed by atoms with Crippen LogP contribution < -0.4 is 11.3 Å². The molecule has 1 amide bonds. The Morgan fingerprint density at radius 2 is 2.06 bits per heavy atom. The minimum atomic E-state index is -0.450. The molecular weight excluding hydrogens is 218 g/mol. The zero-order chi connectivity index (χ0) is 12.9. The van der Waals surface area contributed by atoms with Crippen molar-refractivity contribution in [1.82, 2.24) is 10.3 Å². The molecule has 5 nitrogen and oxygen atoms in total. The van der Waals surface area contributed by atoms with Gasteiger partial charge in [-0.2, -0.15) is 0 Å². The molecule has 1 heterocycles. The highest BCUT2D eigenvalue weighted by molar-refractivity contribution is 5.81. The van der Waals surface area contributed by atoms with Crippen LogP contribution in [0.15, 0.2) is 0 Å². The van der Waals surface area contributed by atoms with Gasteiger partial charge in [-0.05, 0) is 39.7 Å². The molecule has 1 rings (SSSR count). The van der Waals surface area contributed by atoms with Gasteiger partial charge in [0, 0.05) is 26.3 Å². The lowest BCUT2D eigenvalue weighted by Gasteiger charge is -2.32. The van der Waals surface area contributed by atoms with Gasteiger partial charge in [-0.25, -0.2) is 5.84 Å². The molecule has 0 aromatic heterocycles. The van der Waals surface area contributed by atoms with Crippen LogP contribution in [0.5, 0.6) is 0 Å². The summed E-state index contributed by atoms with van der Waals surface area (Å²) in [6.07, 6.45) is 2.24. The van der Waals surface area contributed by atoms with E-state index >= 15 is 0 Å². The number of carbonyl (C=O) groups excluding carboxylic acids is 1. The second kappa shape index (κ2) is 6.33. The summed E-state index contributed by atoms with van der Waals surface area (Å²) < 4.78 is 5.34. The fraction of sp³-hybridized carbons (Fsp3) is 0.917. The van der Waals surface area contributed by atoms with Gasteiger partial charge in [0.1, 0.15) is 0 Å². The summed E-state index contributed by atoms with van der Waals surface area (Å²) in [5, 5.41) is 0. The van der Waals surface area contributed by atoms with E-state index in [1.165, 1.54) is 0 Å². The van der Waals surface area contributed by atoms with Crippen molar-refractivity contribution < 1.29 is 9.53 Å². The number of nitrogens with one attached hydrogen (secondary N) is 1. The van der Waals surface area contributed by atoms with E-state index in [4.69, 9.17) is 10.6 Å². The van der Waals surface area contributed by atoms with Crippen molar-refractivity contribution in [3.63, 3.8) is 0 Å². The van der Waals surface area contributed by atoms with E-state index in [1.807, 2.05) is 13.8 Å². The van der Waals surface area contributed by atoms with Crippen molar-refractivity contribution in [2.75, 3.05) is 33.4 Å². The predicted molar refractivity (Wildman–Crippen MR) is 67.2 cm³/mol. The van der Waals surface area contributed by atoms with Crippen molar-refractivity contribution >= 4 is 5.91 Å². The van der Waals surface area contributed by atoms with E-state index in [0.717, 1.165) is 32.6 Å². The van der Waals surface area contributed by atoms with E-state index in [0.29, 0.717) is 12.5 Å². The van der Waals surface area contributed by atoms with Gasteiger partial charge < -0.3 is 9.64 Å². The highest BCUT2D eigenvalue weighted by Gasteiger charge is 2.29. The number of hydrogen-bond donors (Lipinski definition) is 2. The predicted octanol–water partition coefficient (Wildman–Crippen LogP) is 0.361. The lowest BCUT2D eigenvalue weighted by atomic mass is 9.91. The zero-order valence-electron chi connectivity index (χ0n) is 11.2. The van der Waals surface area contributed by atoms with Gasteiger partial charge in [-0.1, -0.05) is 0 Å². The van der Waals surface area contributed by atoms with Crippen LogP contribution in [-0.2, 0) is 9.53 Å². The van der Waals surface area contributed by atoms with Crippen molar-refractivity contribution in [3.05, 3.63) is 0 Å². The third kappa shape index (κ3) is 4.61. The van der Waals surface area contributed by atoms with Crippen LogP contribution in [0.1, 0.15) is 26.7 Å². The Hall–Kier alpha value is -0.650. The maximum Gasteiger partial charge on any atom is 0.240 e. The van der Waals surface area contributed by atoms with E-state index in [1.54, 1.807) is 0 Å². The van der Waals surface area contributed by atoms with Gasteiger partial charge in [0.25, 0.3) is 0 Å². The third-order valence-electron chi connectivity index (χ3n) is 3.32. The van der Waals surface area contributed by atoms with Crippen LogP contribution in [0.4, 0.5) is 0 Å². The summed E-state index contributed by atoms with van der Waals surface area (Å²) in [6, 6.07) is 0. The molecule has 3 N–H and O–H groups in total. The standard InChI is InChI=1S/C12H25N3O2/c1-12(2,11(16)14-13)9-15(3)8-10-4-6-17-7-5-10/h10H,4-9,13H2,1-3H3,(H,14,16). The van der Waals surface area contributed by atoms with Crippen molar-refractivity contribution in [2.24, 2.45) is 17.2 Å². The number of rotatable bonds is 5. The third-order valence-corrected chi connectivity index (χ3v) is 3.32. The van der Waals surface area contributed by atoms with Crippen LogP contribution in [0, 0.1) is 11.3 Å². The number of carbonyl (C=O) groups is 1. The number of nitrogens with zero attached hydrogens (tertiary/aromatic N) is 1. The first-order chi connectivity index (χ1) is 7.95. The lowest BCUT2D eigenvalue weighted by Crippen LogP contribution is -2.47. The maximum absolute atomic E-state index is 11.6. The molecule has 0 saturated carbocycles. The molecule has 1 aliphatic heterocycles. The molecule has 1 saturated heterocycles. The molecule has 0 aliphatic carbocycles. The molecule has 17 heavy (non-hydrogen) atoms. The Labute approximate surface area is 104 Å². The van der Waals surface area contributed by atoms with Gasteiger partial charge in [-0.15, -0.1) is 0 Å². The molecule has 0 atom stereocenters. The fourth-order valence-electron chi connectivity index (χ4n) is 2.38. The Bertz CT molecular complexity index is 250. The van der Waals surface area contributed by atoms with Gasteiger partial charge in [-0.3, -0.25) is 10.2 Å². The molecule has 1 fully saturated rings. The van der Waals surface area contributed by atoms with Gasteiger partial charge >= 0.3 is 0 Å². The number of hydrogen-bond acceptors (Lipinski definition) is 4. The number of amides is 1. The van der Waals surface area contributed by atoms with Crippen LogP contribution in [0.3, 0.4) is 0 Å². The second-order valence-electron chi connectivity index (χ2n) is 5.61. The summed E-state index contributed by atoms with van der Waals surface area (Å²) >= 11 is 0. The Morgan fingerprint density at radius 3 is 2.59 bits per heavy atom. The molecule has 0 bridgehead atoms. The molecule has 0 aromatic rings. The van der Waals surface area contributed by atoms with Gasteiger partial charge in [0.05, 0.1) is 5.41 Å². The van der Waals surface area contributed by atoms with Crippen LogP contribution in [-0.4, -0.2) is 44.2 Å². The van der Waals surface area contributed by atoms with Crippen molar-refractivity contribution in [3.8, 4) is 0 Å². The average Bonchev–Trinajstić information content (AvgIpc) is 2.28. The van der Waals surface area contributed by atoms with Crippen LogP contribution in [0.25, 0.3) is 0 Å². The average molecular weight is 243 g/mol. The molecule has 0 unspecified atom stereocenters. The maximum atomic E-state index is 11.6. The summed E-state index contributed by atoms with van der Waals surface area (Å²) in [6.45, 7) is 7.29. The lowest BCUT2D eigenvalue weighted by molar-refractivity contribution is -0.130. The molecule has 0 radical (unpaired) electrons. The summed E-state index contributed by atoms with van der Waals surface area (Å²) in [7, 11) is 2.06. The Balaban J connectivity index is 2.37. The van der Waals surface area contributed by atoms with E-state index < -0.39 is 5.41 Å². The first kappa shape index (κ1) is 14.4. The Kier molecular flexibility index (Phi) is 5.36. The minimum Gasteiger partial charge on any atom is -0.381 e. The SMILES string of the molecule is CN(CC1CCOCC1)CC(C)(C)C(=O)NN. The largest absolute Gasteiger partial charge is 0.381 e. The van der Waals surface area contributed by atoms with E-state index in [9.17, 15) is 4.79 Å². The monoisotopic (exact) mass is 243 g/mol. The normalized spacial score (nSPS) is 18.4. The number of hydrazine groups is 1. The van der Waals surface area contributed by atoms with Gasteiger partial charge in [0.15, 0.2) is 0 Å².